The highest BCUT2D eigenvalue weighted by molar-refractivity contribution is 7.25. The number of nitrogens with zero attached hydrogens (tertiary/aromatic N) is 2. The third-order valence-electron chi connectivity index (χ3n) is 11.8. The predicted molar refractivity (Wildman–Crippen MR) is 254 cm³/mol. The van der Waals surface area contributed by atoms with Gasteiger partial charge in [0.05, 0.1) is 15.7 Å². The average Bonchev–Trinajstić information content (AvgIpc) is 3.99. The molecule has 3 aromatic heterocycles. The molecule has 0 radical (unpaired) electrons. The summed E-state index contributed by atoms with van der Waals surface area (Å²) in [5, 5.41) is 3.52. The molecule has 12 rings (SSSR count). The minimum Gasteiger partial charge on any atom is -0.456 e. The first-order valence-electron chi connectivity index (χ1n) is 20.3. The predicted octanol–water partition coefficient (Wildman–Crippen LogP) is 16.3. The van der Waals surface area contributed by atoms with Gasteiger partial charge in [-0.05, 0) is 88.0 Å². The zero-order valence-electron chi connectivity index (χ0n) is 32.5. The Kier molecular flexibility index (Phi) is 8.03. The Morgan fingerprint density at radius 2 is 0.883 bits per heavy atom. The number of furan rings is 1. The third kappa shape index (κ3) is 5.57. The lowest BCUT2D eigenvalue weighted by atomic mass is 9.94. The summed E-state index contributed by atoms with van der Waals surface area (Å²) in [5.74, 6) is 0. The van der Waals surface area contributed by atoms with Crippen LogP contribution in [0.1, 0.15) is 0 Å². The molecule has 0 spiro atoms. The maximum Gasteiger partial charge on any atom is 0.137 e. The summed E-state index contributed by atoms with van der Waals surface area (Å²) in [5.41, 5.74) is 17.1. The van der Waals surface area contributed by atoms with Crippen molar-refractivity contribution in [2.45, 2.75) is 0 Å². The summed E-state index contributed by atoms with van der Waals surface area (Å²) in [6.45, 7) is 0. The van der Waals surface area contributed by atoms with Gasteiger partial charge in [0.2, 0.25) is 0 Å². The lowest BCUT2D eigenvalue weighted by Gasteiger charge is -2.26. The summed E-state index contributed by atoms with van der Waals surface area (Å²) < 4.78 is 10.2. The normalized spacial score (nSPS) is 11.7. The molecular formula is C56H36N2OS. The summed E-state index contributed by atoms with van der Waals surface area (Å²) in [6, 6.07) is 78.4. The molecule has 0 aliphatic carbocycles. The van der Waals surface area contributed by atoms with E-state index in [0.29, 0.717) is 0 Å². The number of thiazole rings is 1. The van der Waals surface area contributed by atoms with Gasteiger partial charge in [-0.3, -0.25) is 4.40 Å². The van der Waals surface area contributed by atoms with Gasteiger partial charge < -0.3 is 9.32 Å². The topological polar surface area (TPSA) is 20.8 Å². The first-order valence-corrected chi connectivity index (χ1v) is 21.2. The van der Waals surface area contributed by atoms with Crippen LogP contribution >= 0.6 is 11.3 Å². The molecule has 0 saturated carbocycles. The Morgan fingerprint density at radius 1 is 0.367 bits per heavy atom. The van der Waals surface area contributed by atoms with Crippen LogP contribution in [-0.2, 0) is 0 Å². The van der Waals surface area contributed by atoms with Crippen molar-refractivity contribution in [3.8, 4) is 44.5 Å². The summed E-state index contributed by atoms with van der Waals surface area (Å²) in [7, 11) is 0. The van der Waals surface area contributed by atoms with Gasteiger partial charge in [-0.2, -0.15) is 0 Å². The number of rotatable bonds is 7. The molecule has 0 aliphatic heterocycles. The molecule has 0 saturated heterocycles. The monoisotopic (exact) mass is 784 g/mol. The Bertz CT molecular complexity index is 3520. The fourth-order valence-corrected chi connectivity index (χ4v) is 10.4. The zero-order valence-corrected chi connectivity index (χ0v) is 33.3. The van der Waals surface area contributed by atoms with Gasteiger partial charge in [0.1, 0.15) is 16.0 Å². The van der Waals surface area contributed by atoms with Crippen LogP contribution in [0.2, 0.25) is 0 Å². The van der Waals surface area contributed by atoms with Gasteiger partial charge >= 0.3 is 0 Å². The van der Waals surface area contributed by atoms with E-state index < -0.39 is 0 Å². The number of hydrogen-bond donors (Lipinski definition) is 0. The van der Waals surface area contributed by atoms with Crippen molar-refractivity contribution in [1.82, 2.24) is 4.40 Å². The number of hydrogen-bond acceptors (Lipinski definition) is 3. The number of fused-ring (bicyclic) bond motifs is 8. The van der Waals surface area contributed by atoms with E-state index >= 15 is 0 Å². The van der Waals surface area contributed by atoms with Crippen LogP contribution in [0, 0.1) is 0 Å². The van der Waals surface area contributed by atoms with Gasteiger partial charge in [-0.1, -0.05) is 158 Å². The number of para-hydroxylation sites is 2. The van der Waals surface area contributed by atoms with E-state index in [1.165, 1.54) is 70.5 Å². The quantitative estimate of drug-likeness (QED) is 0.160. The molecule has 9 aromatic carbocycles. The molecule has 0 unspecified atom stereocenters. The van der Waals surface area contributed by atoms with Crippen LogP contribution < -0.4 is 4.90 Å². The Balaban J connectivity index is 0.977. The average molecular weight is 785 g/mol. The van der Waals surface area contributed by atoms with Crippen LogP contribution in [0.25, 0.3) is 92.4 Å². The lowest BCUT2D eigenvalue weighted by Crippen LogP contribution is -2.09. The first-order chi connectivity index (χ1) is 29.8. The second kappa shape index (κ2) is 14.0. The van der Waals surface area contributed by atoms with Crippen molar-refractivity contribution < 1.29 is 4.42 Å². The molecule has 0 bridgehead atoms. The van der Waals surface area contributed by atoms with E-state index in [4.69, 9.17) is 4.42 Å². The van der Waals surface area contributed by atoms with Crippen molar-refractivity contribution in [3.63, 3.8) is 0 Å². The minimum absolute atomic E-state index is 0.868. The standard InChI is InChI=1S/C56H36N2OS/c1-3-14-37(15-4-1)44-18-7-8-19-45(44)38-26-30-41(31-27-38)57(43-34-35-48-47-20-10-12-25-52(47)59-53(48)36-43)42-32-28-39(29-33-42)46-22-13-24-51-55(46)60-56-54(40-16-5-2-6-17-40)49-21-9-11-23-50(49)58(51)56/h1-36H. The summed E-state index contributed by atoms with van der Waals surface area (Å²) in [6.07, 6.45) is 0. The highest BCUT2D eigenvalue weighted by Gasteiger charge is 2.21. The van der Waals surface area contributed by atoms with Crippen molar-refractivity contribution in [1.29, 1.82) is 0 Å². The van der Waals surface area contributed by atoms with Crippen LogP contribution in [-0.4, -0.2) is 4.40 Å². The van der Waals surface area contributed by atoms with Gasteiger partial charge in [0.15, 0.2) is 0 Å². The van der Waals surface area contributed by atoms with Crippen molar-refractivity contribution >= 4 is 76.3 Å². The van der Waals surface area contributed by atoms with Gasteiger partial charge in [-0.25, -0.2) is 0 Å². The smallest absolute Gasteiger partial charge is 0.137 e. The lowest BCUT2D eigenvalue weighted by molar-refractivity contribution is 0.669. The van der Waals surface area contributed by atoms with Crippen LogP contribution in [0.3, 0.4) is 0 Å². The van der Waals surface area contributed by atoms with Crippen molar-refractivity contribution in [3.05, 3.63) is 218 Å². The Labute approximate surface area is 351 Å². The number of aromatic nitrogens is 1. The van der Waals surface area contributed by atoms with Gasteiger partial charge in [-0.15, -0.1) is 11.3 Å². The zero-order chi connectivity index (χ0) is 39.6. The SMILES string of the molecule is c1ccc(-c2ccccc2-c2ccc(N(c3ccc(-c4cccc5c4sc4c(-c6ccccc6)c6ccccc6n45)cc3)c3ccc4c(c3)oc3ccccc34)cc2)cc1. The maximum atomic E-state index is 6.42. The molecule has 0 aliphatic rings. The van der Waals surface area contributed by atoms with E-state index in [-0.39, 0.29) is 0 Å². The third-order valence-corrected chi connectivity index (χ3v) is 13.0. The molecular weight excluding hydrogens is 749 g/mol. The minimum atomic E-state index is 0.868. The van der Waals surface area contributed by atoms with E-state index in [1.54, 1.807) is 0 Å². The van der Waals surface area contributed by atoms with E-state index in [2.05, 4.69) is 216 Å². The molecule has 282 valence electrons. The number of benzene rings is 9. The second-order valence-electron chi connectivity index (χ2n) is 15.3. The van der Waals surface area contributed by atoms with Crippen molar-refractivity contribution in [2.24, 2.45) is 0 Å². The maximum absolute atomic E-state index is 6.42. The van der Waals surface area contributed by atoms with Gasteiger partial charge in [0, 0.05) is 50.4 Å². The molecule has 3 nitrogen and oxygen atoms in total. The highest BCUT2D eigenvalue weighted by Crippen LogP contribution is 2.46. The molecule has 0 amide bonds. The molecule has 0 fully saturated rings. The fraction of sp³-hybridized carbons (Fsp3) is 0. The van der Waals surface area contributed by atoms with E-state index in [1.807, 2.05) is 23.5 Å². The molecule has 12 aromatic rings. The largest absolute Gasteiger partial charge is 0.456 e. The second-order valence-corrected chi connectivity index (χ2v) is 16.3. The number of anilines is 3. The molecule has 4 heteroatoms. The van der Waals surface area contributed by atoms with Crippen molar-refractivity contribution in [2.75, 3.05) is 4.90 Å². The van der Waals surface area contributed by atoms with E-state index in [0.717, 1.165) is 39.0 Å². The van der Waals surface area contributed by atoms with Crippen LogP contribution in [0.15, 0.2) is 223 Å². The Morgan fingerprint density at radius 3 is 1.60 bits per heavy atom. The fourth-order valence-electron chi connectivity index (χ4n) is 9.05. The molecule has 3 heterocycles. The van der Waals surface area contributed by atoms with Gasteiger partial charge in [0.25, 0.3) is 0 Å². The van der Waals surface area contributed by atoms with Crippen LogP contribution in [0.5, 0.6) is 0 Å². The van der Waals surface area contributed by atoms with E-state index in [9.17, 15) is 0 Å². The van der Waals surface area contributed by atoms with Crippen LogP contribution in [0.4, 0.5) is 17.1 Å². The molecule has 60 heavy (non-hydrogen) atoms. The molecule has 0 N–H and O–H groups in total. The molecule has 0 atom stereocenters. The Hall–Kier alpha value is -7.66. The highest BCUT2D eigenvalue weighted by atomic mass is 32.1. The summed E-state index contributed by atoms with van der Waals surface area (Å²) >= 11 is 1.88. The summed E-state index contributed by atoms with van der Waals surface area (Å²) in [4.78, 5) is 3.60. The first kappa shape index (κ1) is 34.4.